The quantitative estimate of drug-likeness (QED) is 0.727. The Morgan fingerprint density at radius 2 is 1.73 bits per heavy atom. The van der Waals surface area contributed by atoms with Crippen LogP contribution in [0, 0.1) is 0 Å². The van der Waals surface area contributed by atoms with Crippen LogP contribution in [0.3, 0.4) is 0 Å². The van der Waals surface area contributed by atoms with Gasteiger partial charge in [-0.15, -0.1) is 0 Å². The van der Waals surface area contributed by atoms with Crippen molar-refractivity contribution in [2.45, 2.75) is 19.8 Å². The Balaban J connectivity index is 0.000001000. The minimum absolute atomic E-state index is 0. The first kappa shape index (κ1) is 10.5. The van der Waals surface area contributed by atoms with Crippen molar-refractivity contribution in [3.63, 3.8) is 0 Å². The van der Waals surface area contributed by atoms with Crippen molar-refractivity contribution in [2.24, 2.45) is 0 Å². The summed E-state index contributed by atoms with van der Waals surface area (Å²) in [6.45, 7) is 2.18. The molecule has 1 aromatic rings. The summed E-state index contributed by atoms with van der Waals surface area (Å²) in [7, 11) is 0. The van der Waals surface area contributed by atoms with Crippen LogP contribution in [0.25, 0.3) is 0 Å². The Bertz CT molecular complexity index is 193. The molecule has 1 rings (SSSR count). The molecule has 0 spiro atoms. The Kier molecular flexibility index (Phi) is 4.92. The fraction of sp³-hybridized carbons (Fsp3) is 0.333. The van der Waals surface area contributed by atoms with Crippen molar-refractivity contribution < 1.29 is 0 Å². The third-order valence-corrected chi connectivity index (χ3v) is 1.70. The molecule has 0 bridgehead atoms. The first-order valence-corrected chi connectivity index (χ1v) is 3.95. The van der Waals surface area contributed by atoms with Gasteiger partial charge in [-0.05, 0) is 24.1 Å². The molecular formula is C9H14ClN. The maximum Gasteiger partial charge on any atom is 0.0406 e. The summed E-state index contributed by atoms with van der Waals surface area (Å²) in [5, 5.41) is 0.819. The van der Waals surface area contributed by atoms with Crippen LogP contribution >= 0.6 is 11.6 Å². The van der Waals surface area contributed by atoms with Crippen molar-refractivity contribution in [1.29, 1.82) is 0 Å². The summed E-state index contributed by atoms with van der Waals surface area (Å²) < 4.78 is 0. The zero-order valence-electron chi connectivity index (χ0n) is 6.81. The van der Waals surface area contributed by atoms with E-state index < -0.39 is 0 Å². The van der Waals surface area contributed by atoms with E-state index in [1.807, 2.05) is 12.1 Å². The first-order chi connectivity index (χ1) is 4.83. The predicted molar refractivity (Wildman–Crippen MR) is 50.5 cm³/mol. The number of halogens is 1. The summed E-state index contributed by atoms with van der Waals surface area (Å²) in [5.41, 5.74) is 1.37. The van der Waals surface area contributed by atoms with E-state index in [1.165, 1.54) is 12.0 Å². The predicted octanol–water partition coefficient (Wildman–Crippen LogP) is 3.45. The van der Waals surface area contributed by atoms with Crippen LogP contribution in [0.2, 0.25) is 5.02 Å². The molecule has 0 aliphatic heterocycles. The van der Waals surface area contributed by atoms with Gasteiger partial charge in [0.05, 0.1) is 0 Å². The van der Waals surface area contributed by atoms with Crippen LogP contribution in [0.15, 0.2) is 24.3 Å². The molecule has 0 saturated carbocycles. The van der Waals surface area contributed by atoms with Gasteiger partial charge in [0.1, 0.15) is 0 Å². The zero-order valence-corrected chi connectivity index (χ0v) is 7.56. The molecule has 0 radical (unpaired) electrons. The second-order valence-electron chi connectivity index (χ2n) is 2.38. The minimum atomic E-state index is 0. The molecule has 2 heteroatoms. The smallest absolute Gasteiger partial charge is 0.0406 e. The number of rotatable bonds is 2. The van der Waals surface area contributed by atoms with Gasteiger partial charge >= 0.3 is 0 Å². The molecule has 0 aliphatic carbocycles. The fourth-order valence-corrected chi connectivity index (χ4v) is 1.07. The lowest BCUT2D eigenvalue weighted by atomic mass is 10.1. The summed E-state index contributed by atoms with van der Waals surface area (Å²) in [4.78, 5) is 0. The van der Waals surface area contributed by atoms with E-state index in [0.29, 0.717) is 0 Å². The van der Waals surface area contributed by atoms with Crippen molar-refractivity contribution in [3.05, 3.63) is 34.9 Å². The molecule has 0 aromatic heterocycles. The Morgan fingerprint density at radius 1 is 1.18 bits per heavy atom. The van der Waals surface area contributed by atoms with E-state index in [1.54, 1.807) is 0 Å². The van der Waals surface area contributed by atoms with E-state index in [-0.39, 0.29) is 6.15 Å². The fourth-order valence-electron chi connectivity index (χ4n) is 0.940. The molecule has 0 amide bonds. The molecule has 0 saturated heterocycles. The van der Waals surface area contributed by atoms with E-state index in [4.69, 9.17) is 11.6 Å². The highest BCUT2D eigenvalue weighted by atomic mass is 35.5. The standard InChI is InChI=1S/C9H11Cl.H3N/c1-2-3-8-4-6-9(10)7-5-8;/h4-7H,2-3H2,1H3;1H3. The summed E-state index contributed by atoms with van der Waals surface area (Å²) >= 11 is 5.71. The summed E-state index contributed by atoms with van der Waals surface area (Å²) in [6.07, 6.45) is 2.35. The van der Waals surface area contributed by atoms with Gasteiger partial charge in [0.25, 0.3) is 0 Å². The Labute approximate surface area is 73.0 Å². The van der Waals surface area contributed by atoms with Gasteiger partial charge in [0.15, 0.2) is 0 Å². The summed E-state index contributed by atoms with van der Waals surface area (Å²) in [6, 6.07) is 8.02. The molecule has 3 N–H and O–H groups in total. The number of hydrogen-bond acceptors (Lipinski definition) is 1. The van der Waals surface area contributed by atoms with E-state index in [9.17, 15) is 0 Å². The van der Waals surface area contributed by atoms with Crippen LogP contribution < -0.4 is 6.15 Å². The zero-order chi connectivity index (χ0) is 7.40. The molecule has 0 unspecified atom stereocenters. The lowest BCUT2D eigenvalue weighted by molar-refractivity contribution is 0.922. The van der Waals surface area contributed by atoms with Crippen LogP contribution in [0.1, 0.15) is 18.9 Å². The van der Waals surface area contributed by atoms with Gasteiger partial charge in [-0.2, -0.15) is 0 Å². The average molecular weight is 172 g/mol. The van der Waals surface area contributed by atoms with Gasteiger partial charge in [0.2, 0.25) is 0 Å². The second kappa shape index (κ2) is 5.16. The van der Waals surface area contributed by atoms with Gasteiger partial charge in [0, 0.05) is 5.02 Å². The molecule has 62 valence electrons. The van der Waals surface area contributed by atoms with Gasteiger partial charge < -0.3 is 6.15 Å². The molecular weight excluding hydrogens is 158 g/mol. The molecule has 0 aliphatic rings. The van der Waals surface area contributed by atoms with E-state index in [2.05, 4.69) is 19.1 Å². The van der Waals surface area contributed by atoms with Crippen LogP contribution in [-0.4, -0.2) is 0 Å². The van der Waals surface area contributed by atoms with Crippen molar-refractivity contribution in [1.82, 2.24) is 6.15 Å². The number of benzene rings is 1. The van der Waals surface area contributed by atoms with Crippen LogP contribution in [-0.2, 0) is 6.42 Å². The maximum atomic E-state index is 5.71. The second-order valence-corrected chi connectivity index (χ2v) is 2.81. The Hall–Kier alpha value is -0.530. The molecule has 0 fully saturated rings. The monoisotopic (exact) mass is 171 g/mol. The molecule has 0 heterocycles. The lowest BCUT2D eigenvalue weighted by Crippen LogP contribution is -1.80. The maximum absolute atomic E-state index is 5.71. The van der Waals surface area contributed by atoms with Gasteiger partial charge in [-0.3, -0.25) is 0 Å². The highest BCUT2D eigenvalue weighted by Crippen LogP contribution is 2.10. The molecule has 0 atom stereocenters. The first-order valence-electron chi connectivity index (χ1n) is 3.57. The van der Waals surface area contributed by atoms with Crippen molar-refractivity contribution in [3.8, 4) is 0 Å². The largest absolute Gasteiger partial charge is 0.344 e. The highest BCUT2D eigenvalue weighted by Gasteiger charge is 1.89. The Morgan fingerprint density at radius 3 is 2.18 bits per heavy atom. The topological polar surface area (TPSA) is 35.0 Å². The lowest BCUT2D eigenvalue weighted by Gasteiger charge is -1.96. The van der Waals surface area contributed by atoms with Gasteiger partial charge in [-0.25, -0.2) is 0 Å². The molecule has 1 aromatic carbocycles. The molecule has 11 heavy (non-hydrogen) atoms. The van der Waals surface area contributed by atoms with E-state index in [0.717, 1.165) is 11.4 Å². The third-order valence-electron chi connectivity index (χ3n) is 1.45. The van der Waals surface area contributed by atoms with Crippen LogP contribution in [0.4, 0.5) is 0 Å². The SMILES string of the molecule is CCCc1ccc(Cl)cc1.N. The summed E-state index contributed by atoms with van der Waals surface area (Å²) in [5.74, 6) is 0. The normalized spacial score (nSPS) is 8.91. The van der Waals surface area contributed by atoms with Crippen LogP contribution in [0.5, 0.6) is 0 Å². The minimum Gasteiger partial charge on any atom is -0.344 e. The average Bonchev–Trinajstić information content (AvgIpc) is 1.95. The van der Waals surface area contributed by atoms with E-state index >= 15 is 0 Å². The number of hydrogen-bond donors (Lipinski definition) is 1. The third kappa shape index (κ3) is 3.40. The van der Waals surface area contributed by atoms with Gasteiger partial charge in [-0.1, -0.05) is 37.1 Å². The highest BCUT2D eigenvalue weighted by molar-refractivity contribution is 6.30. The number of aryl methyl sites for hydroxylation is 1. The van der Waals surface area contributed by atoms with Crippen molar-refractivity contribution in [2.75, 3.05) is 0 Å². The van der Waals surface area contributed by atoms with Crippen molar-refractivity contribution >= 4 is 11.6 Å². The molecule has 1 nitrogen and oxygen atoms in total.